The first-order valence-electron chi connectivity index (χ1n) is 7.73. The van der Waals surface area contributed by atoms with Crippen LogP contribution in [0.15, 0.2) is 24.3 Å². The second-order valence-corrected chi connectivity index (χ2v) is 6.82. The number of hydrogen-bond acceptors (Lipinski definition) is 4. The van der Waals surface area contributed by atoms with Crippen LogP contribution in [0.2, 0.25) is 0 Å². The maximum atomic E-state index is 12.7. The number of ether oxygens (including phenoxy) is 2. The summed E-state index contributed by atoms with van der Waals surface area (Å²) in [6, 6.07) is 7.67. The number of nitrogens with zero attached hydrogens (tertiary/aromatic N) is 1. The minimum Gasteiger partial charge on any atom is -0.497 e. The molecule has 5 nitrogen and oxygen atoms in total. The van der Waals surface area contributed by atoms with Crippen molar-refractivity contribution in [3.05, 3.63) is 29.8 Å². The number of rotatable bonds is 2. The van der Waals surface area contributed by atoms with Crippen molar-refractivity contribution in [3.8, 4) is 5.75 Å². The molecule has 6 atom stereocenters. The molecule has 2 saturated heterocycles. The summed E-state index contributed by atoms with van der Waals surface area (Å²) in [7, 11) is 3.43. The number of likely N-dealkylation sites (tertiary alicyclic amines) is 1. The molecule has 1 amide bonds. The van der Waals surface area contributed by atoms with E-state index < -0.39 is 5.72 Å². The smallest absolute Gasteiger partial charge is 0.229 e. The van der Waals surface area contributed by atoms with Crippen LogP contribution in [0.1, 0.15) is 12.0 Å². The first-order chi connectivity index (χ1) is 10.6. The first kappa shape index (κ1) is 12.6. The molecule has 1 aromatic rings. The summed E-state index contributed by atoms with van der Waals surface area (Å²) < 4.78 is 11.5. The van der Waals surface area contributed by atoms with E-state index in [1.54, 1.807) is 19.1 Å². The fourth-order valence-corrected chi connectivity index (χ4v) is 5.38. The Balaban J connectivity index is 1.69. The molecule has 22 heavy (non-hydrogen) atoms. The number of Topliss-reactive ketones (excluding diaryl/α,β-unsaturated/α-hetero) is 1. The largest absolute Gasteiger partial charge is 0.497 e. The topological polar surface area (TPSA) is 55.8 Å². The van der Waals surface area contributed by atoms with Gasteiger partial charge in [0.2, 0.25) is 5.91 Å². The Kier molecular flexibility index (Phi) is 2.13. The Labute approximate surface area is 128 Å². The lowest BCUT2D eigenvalue weighted by Gasteiger charge is -2.36. The standard InChI is InChI=1S/C17H17NO4/c1-18-16(20)12-10-7-11-13(12)17(18,22-15(11)14(10)19)8-3-5-9(21-2)6-4-8/h3-6,10-13,15H,7H2,1-2H3. The summed E-state index contributed by atoms with van der Waals surface area (Å²) in [4.78, 5) is 26.9. The van der Waals surface area contributed by atoms with Crippen molar-refractivity contribution in [3.63, 3.8) is 0 Å². The lowest BCUT2D eigenvalue weighted by atomic mass is 9.76. The molecule has 0 radical (unpaired) electrons. The molecule has 4 aliphatic rings. The molecular formula is C17H17NO4. The van der Waals surface area contributed by atoms with E-state index in [0.717, 1.165) is 17.7 Å². The monoisotopic (exact) mass is 299 g/mol. The SMILES string of the molecule is COc1ccc(C23OC4C(=O)C5CC4C2C5C(=O)N3C)cc1. The molecular weight excluding hydrogens is 282 g/mol. The Morgan fingerprint density at radius 3 is 2.68 bits per heavy atom. The molecule has 5 rings (SSSR count). The number of benzene rings is 1. The number of ketones is 1. The van der Waals surface area contributed by atoms with Gasteiger partial charge in [0.1, 0.15) is 11.9 Å². The van der Waals surface area contributed by atoms with Crippen molar-refractivity contribution < 1.29 is 19.1 Å². The quantitative estimate of drug-likeness (QED) is 0.822. The average molecular weight is 299 g/mol. The zero-order chi connectivity index (χ0) is 15.2. The number of carbonyl (C=O) groups excluding carboxylic acids is 2. The van der Waals surface area contributed by atoms with Crippen LogP contribution in [0.25, 0.3) is 0 Å². The highest BCUT2D eigenvalue weighted by atomic mass is 16.5. The Bertz CT molecular complexity index is 699. The van der Waals surface area contributed by atoms with E-state index in [-0.39, 0.29) is 41.5 Å². The third-order valence-electron chi connectivity index (χ3n) is 6.22. The van der Waals surface area contributed by atoms with Gasteiger partial charge in [-0.25, -0.2) is 0 Å². The van der Waals surface area contributed by atoms with Gasteiger partial charge in [0.25, 0.3) is 0 Å². The molecule has 0 N–H and O–H groups in total. The van der Waals surface area contributed by atoms with Crippen molar-refractivity contribution in [2.75, 3.05) is 14.2 Å². The van der Waals surface area contributed by atoms with Crippen molar-refractivity contribution >= 4 is 11.7 Å². The Morgan fingerprint density at radius 2 is 2.00 bits per heavy atom. The van der Waals surface area contributed by atoms with Crippen LogP contribution < -0.4 is 4.74 Å². The van der Waals surface area contributed by atoms with E-state index >= 15 is 0 Å². The molecule has 2 aliphatic heterocycles. The third-order valence-corrected chi connectivity index (χ3v) is 6.22. The highest BCUT2D eigenvalue weighted by Gasteiger charge is 2.78. The molecule has 0 spiro atoms. The molecule has 5 heteroatoms. The van der Waals surface area contributed by atoms with Crippen molar-refractivity contribution in [1.29, 1.82) is 0 Å². The fourth-order valence-electron chi connectivity index (χ4n) is 5.38. The molecule has 114 valence electrons. The number of hydrogen-bond donors (Lipinski definition) is 0. The minimum atomic E-state index is -0.774. The van der Waals surface area contributed by atoms with Gasteiger partial charge in [-0.1, -0.05) is 12.1 Å². The summed E-state index contributed by atoms with van der Waals surface area (Å²) >= 11 is 0. The van der Waals surface area contributed by atoms with Crippen LogP contribution in [-0.4, -0.2) is 36.9 Å². The van der Waals surface area contributed by atoms with Gasteiger partial charge in [0.05, 0.1) is 13.0 Å². The van der Waals surface area contributed by atoms with E-state index in [2.05, 4.69) is 0 Å². The second kappa shape index (κ2) is 3.71. The van der Waals surface area contributed by atoms with E-state index in [1.165, 1.54) is 0 Å². The van der Waals surface area contributed by atoms with Crippen LogP contribution in [0.3, 0.4) is 0 Å². The highest BCUT2D eigenvalue weighted by Crippen LogP contribution is 2.68. The molecule has 2 bridgehead atoms. The van der Waals surface area contributed by atoms with Crippen LogP contribution in [0, 0.1) is 23.7 Å². The maximum absolute atomic E-state index is 12.7. The van der Waals surface area contributed by atoms with Crippen LogP contribution in [0.4, 0.5) is 0 Å². The van der Waals surface area contributed by atoms with E-state index in [4.69, 9.17) is 9.47 Å². The van der Waals surface area contributed by atoms with Gasteiger partial charge in [0, 0.05) is 30.4 Å². The van der Waals surface area contributed by atoms with E-state index in [9.17, 15) is 9.59 Å². The summed E-state index contributed by atoms with van der Waals surface area (Å²) in [5, 5.41) is 0. The predicted molar refractivity (Wildman–Crippen MR) is 75.9 cm³/mol. The molecule has 0 aromatic heterocycles. The first-order valence-corrected chi connectivity index (χ1v) is 7.73. The molecule has 6 unspecified atom stereocenters. The van der Waals surface area contributed by atoms with Crippen LogP contribution in [0.5, 0.6) is 5.75 Å². The van der Waals surface area contributed by atoms with Crippen LogP contribution >= 0.6 is 0 Å². The average Bonchev–Trinajstić information content (AvgIpc) is 3.20. The molecule has 4 fully saturated rings. The van der Waals surface area contributed by atoms with Crippen molar-refractivity contribution in [2.45, 2.75) is 18.2 Å². The third kappa shape index (κ3) is 1.11. The van der Waals surface area contributed by atoms with Gasteiger partial charge in [-0.15, -0.1) is 0 Å². The van der Waals surface area contributed by atoms with Crippen molar-refractivity contribution in [1.82, 2.24) is 4.90 Å². The van der Waals surface area contributed by atoms with Gasteiger partial charge < -0.3 is 14.4 Å². The summed E-state index contributed by atoms with van der Waals surface area (Å²) in [6.45, 7) is 0. The number of carbonyl (C=O) groups is 2. The molecule has 2 saturated carbocycles. The van der Waals surface area contributed by atoms with Gasteiger partial charge in [-0.3, -0.25) is 9.59 Å². The van der Waals surface area contributed by atoms with E-state index in [0.29, 0.717) is 0 Å². The number of methoxy groups -OCH3 is 1. The molecule has 2 aliphatic carbocycles. The van der Waals surface area contributed by atoms with Gasteiger partial charge in [-0.2, -0.15) is 0 Å². The number of fused-ring (bicyclic) bond motifs is 2. The normalized spacial score (nSPS) is 44.3. The van der Waals surface area contributed by atoms with Gasteiger partial charge in [-0.05, 0) is 18.6 Å². The summed E-state index contributed by atoms with van der Waals surface area (Å²) in [5.41, 5.74) is 0.170. The highest BCUT2D eigenvalue weighted by molar-refractivity contribution is 5.98. The predicted octanol–water partition coefficient (Wildman–Crippen LogP) is 1.17. The zero-order valence-electron chi connectivity index (χ0n) is 12.5. The summed E-state index contributed by atoms with van der Waals surface area (Å²) in [5.74, 6) is 0.943. The fraction of sp³-hybridized carbons (Fsp3) is 0.529. The van der Waals surface area contributed by atoms with Gasteiger partial charge >= 0.3 is 0 Å². The summed E-state index contributed by atoms with van der Waals surface area (Å²) in [6.07, 6.45) is 0.486. The second-order valence-electron chi connectivity index (χ2n) is 6.82. The van der Waals surface area contributed by atoms with Crippen molar-refractivity contribution in [2.24, 2.45) is 23.7 Å². The Morgan fingerprint density at radius 1 is 1.27 bits per heavy atom. The Hall–Kier alpha value is -1.88. The van der Waals surface area contributed by atoms with Gasteiger partial charge in [0.15, 0.2) is 11.5 Å². The van der Waals surface area contributed by atoms with E-state index in [1.807, 2.05) is 24.3 Å². The minimum absolute atomic E-state index is 0.0554. The lowest BCUT2D eigenvalue weighted by Crippen LogP contribution is -2.45. The zero-order valence-corrected chi connectivity index (χ0v) is 12.5. The van der Waals surface area contributed by atoms with Crippen LogP contribution in [-0.2, 0) is 20.1 Å². The number of amides is 1. The lowest BCUT2D eigenvalue weighted by molar-refractivity contribution is -0.169. The molecule has 1 aromatic carbocycles. The molecule has 2 heterocycles. The maximum Gasteiger partial charge on any atom is 0.229 e.